The Morgan fingerprint density at radius 3 is 2.50 bits per heavy atom. The molecule has 0 aromatic rings. The molecule has 0 amide bonds. The summed E-state index contributed by atoms with van der Waals surface area (Å²) in [6.45, 7) is 5.69. The molecule has 0 radical (unpaired) electrons. The molecule has 0 heterocycles. The van der Waals surface area contributed by atoms with Gasteiger partial charge in [-0.1, -0.05) is 13.8 Å². The van der Waals surface area contributed by atoms with Crippen molar-refractivity contribution in [1.82, 2.24) is 0 Å². The van der Waals surface area contributed by atoms with E-state index in [9.17, 15) is 9.59 Å². The van der Waals surface area contributed by atoms with Crippen molar-refractivity contribution >= 4 is 11.8 Å². The molecule has 0 spiro atoms. The van der Waals surface area contributed by atoms with Gasteiger partial charge in [0, 0.05) is 12.8 Å². The minimum atomic E-state index is -0.366. The lowest BCUT2D eigenvalue weighted by molar-refractivity contribution is -0.149. The van der Waals surface area contributed by atoms with E-state index in [-0.39, 0.29) is 29.7 Å². The van der Waals surface area contributed by atoms with Crippen molar-refractivity contribution < 1.29 is 14.3 Å². The van der Waals surface area contributed by atoms with Gasteiger partial charge < -0.3 is 4.74 Å². The van der Waals surface area contributed by atoms with Crippen molar-refractivity contribution in [3.63, 3.8) is 0 Å². The molecule has 90 valence electrons. The van der Waals surface area contributed by atoms with Gasteiger partial charge in [-0.2, -0.15) is 0 Å². The molecule has 2 fully saturated rings. The molecule has 0 aromatic carbocycles. The Balaban J connectivity index is 2.03. The second kappa shape index (κ2) is 3.86. The Hall–Kier alpha value is -0.860. The summed E-state index contributed by atoms with van der Waals surface area (Å²) >= 11 is 0. The first-order valence-electron chi connectivity index (χ1n) is 6.09. The van der Waals surface area contributed by atoms with E-state index in [1.807, 2.05) is 0 Å². The van der Waals surface area contributed by atoms with Crippen LogP contribution in [0, 0.1) is 23.2 Å². The topological polar surface area (TPSA) is 43.4 Å². The molecule has 2 aliphatic rings. The summed E-state index contributed by atoms with van der Waals surface area (Å²) in [5.41, 5.74) is 0.0974. The number of Topliss-reactive ketones (excluding diaryl/α,β-unsaturated/α-hetero) is 1. The molecule has 0 N–H and O–H groups in total. The summed E-state index contributed by atoms with van der Waals surface area (Å²) in [6, 6.07) is 0. The van der Waals surface area contributed by atoms with Crippen molar-refractivity contribution in [2.75, 3.05) is 6.61 Å². The van der Waals surface area contributed by atoms with Gasteiger partial charge in [0.15, 0.2) is 5.78 Å². The van der Waals surface area contributed by atoms with Gasteiger partial charge in [0.1, 0.15) is 6.61 Å². The molecular weight excluding hydrogens is 204 g/mol. The van der Waals surface area contributed by atoms with Crippen molar-refractivity contribution in [1.29, 1.82) is 0 Å². The molecule has 2 rings (SSSR count). The number of fused-ring (bicyclic) bond motifs is 2. The highest BCUT2D eigenvalue weighted by Crippen LogP contribution is 2.59. The van der Waals surface area contributed by atoms with Crippen LogP contribution in [0.15, 0.2) is 0 Å². The Bertz CT molecular complexity index is 319. The molecular formula is C13H20O3. The third-order valence-corrected chi connectivity index (χ3v) is 4.56. The number of rotatable bonds is 3. The first-order valence-corrected chi connectivity index (χ1v) is 6.09. The lowest BCUT2D eigenvalue weighted by Crippen LogP contribution is -2.38. The molecule has 2 saturated carbocycles. The fourth-order valence-electron chi connectivity index (χ4n) is 3.80. The average Bonchev–Trinajstić information content (AvgIpc) is 2.71. The van der Waals surface area contributed by atoms with Gasteiger partial charge in [0.05, 0.1) is 0 Å². The normalized spacial score (nSPS) is 35.1. The molecule has 0 saturated heterocycles. The van der Waals surface area contributed by atoms with Gasteiger partial charge >= 0.3 is 5.97 Å². The quantitative estimate of drug-likeness (QED) is 0.690. The van der Waals surface area contributed by atoms with Gasteiger partial charge in [-0.3, -0.25) is 9.59 Å². The monoisotopic (exact) mass is 224 g/mol. The van der Waals surface area contributed by atoms with Crippen LogP contribution >= 0.6 is 0 Å². The van der Waals surface area contributed by atoms with E-state index in [0.717, 1.165) is 0 Å². The summed E-state index contributed by atoms with van der Waals surface area (Å²) in [6.07, 6.45) is 3.61. The maximum Gasteiger partial charge on any atom is 0.303 e. The van der Waals surface area contributed by atoms with Gasteiger partial charge in [-0.05, 0) is 36.5 Å². The van der Waals surface area contributed by atoms with Crippen LogP contribution in [0.4, 0.5) is 0 Å². The van der Waals surface area contributed by atoms with Crippen LogP contribution in [-0.2, 0) is 14.3 Å². The van der Waals surface area contributed by atoms with E-state index in [4.69, 9.17) is 4.74 Å². The van der Waals surface area contributed by atoms with Crippen LogP contribution in [-0.4, -0.2) is 18.4 Å². The number of carbonyl (C=O) groups is 2. The zero-order chi connectivity index (χ0) is 11.9. The molecule has 0 aromatic heterocycles. The van der Waals surface area contributed by atoms with Crippen molar-refractivity contribution in [3.8, 4) is 0 Å². The van der Waals surface area contributed by atoms with Crippen molar-refractivity contribution in [3.05, 3.63) is 0 Å². The van der Waals surface area contributed by atoms with E-state index in [1.54, 1.807) is 0 Å². The lowest BCUT2D eigenvalue weighted by Gasteiger charge is -2.37. The minimum Gasteiger partial charge on any atom is -0.458 e. The summed E-state index contributed by atoms with van der Waals surface area (Å²) < 4.78 is 4.83. The molecule has 3 atom stereocenters. The predicted octanol–water partition coefficient (Wildman–Crippen LogP) is 2.19. The predicted molar refractivity (Wildman–Crippen MR) is 59.7 cm³/mol. The number of hydrogen-bond donors (Lipinski definition) is 0. The standard InChI is InChI=1S/C13H20O3/c1-8(14)16-7-11(15)12-9-4-5-10(6-9)13(12,2)3/h9-10,12H,4-7H2,1-3H3/t9-,10-,12-/m0/s1. The summed E-state index contributed by atoms with van der Waals surface area (Å²) in [5, 5.41) is 0. The van der Waals surface area contributed by atoms with Crippen LogP contribution in [0.25, 0.3) is 0 Å². The molecule has 0 unspecified atom stereocenters. The maximum atomic E-state index is 12.1. The first kappa shape index (κ1) is 11.6. The van der Waals surface area contributed by atoms with Crippen molar-refractivity contribution in [2.45, 2.75) is 40.0 Å². The van der Waals surface area contributed by atoms with Gasteiger partial charge in [-0.25, -0.2) is 0 Å². The minimum absolute atomic E-state index is 0.0351. The van der Waals surface area contributed by atoms with E-state index in [1.165, 1.54) is 26.2 Å². The molecule has 3 nitrogen and oxygen atoms in total. The smallest absolute Gasteiger partial charge is 0.303 e. The van der Waals surface area contributed by atoms with Crippen LogP contribution in [0.2, 0.25) is 0 Å². The van der Waals surface area contributed by atoms with Crippen LogP contribution in [0.1, 0.15) is 40.0 Å². The molecule has 16 heavy (non-hydrogen) atoms. The Kier molecular flexibility index (Phi) is 2.81. The Labute approximate surface area is 96.5 Å². The van der Waals surface area contributed by atoms with E-state index < -0.39 is 0 Å². The fourth-order valence-corrected chi connectivity index (χ4v) is 3.80. The van der Waals surface area contributed by atoms with Gasteiger partial charge in [0.25, 0.3) is 0 Å². The highest BCUT2D eigenvalue weighted by atomic mass is 16.5. The fraction of sp³-hybridized carbons (Fsp3) is 0.846. The lowest BCUT2D eigenvalue weighted by atomic mass is 9.67. The third-order valence-electron chi connectivity index (χ3n) is 4.56. The third kappa shape index (κ3) is 1.76. The maximum absolute atomic E-state index is 12.1. The van der Waals surface area contributed by atoms with Crippen LogP contribution < -0.4 is 0 Å². The summed E-state index contributed by atoms with van der Waals surface area (Å²) in [5.74, 6) is 1.07. The molecule has 0 aliphatic heterocycles. The number of ketones is 1. The van der Waals surface area contributed by atoms with Crippen LogP contribution in [0.5, 0.6) is 0 Å². The molecule has 2 bridgehead atoms. The van der Waals surface area contributed by atoms with E-state index in [2.05, 4.69) is 13.8 Å². The average molecular weight is 224 g/mol. The summed E-state index contributed by atoms with van der Waals surface area (Å²) in [7, 11) is 0. The first-order chi connectivity index (χ1) is 7.43. The highest BCUT2D eigenvalue weighted by molar-refractivity contribution is 5.85. The zero-order valence-electron chi connectivity index (χ0n) is 10.3. The second-order valence-corrected chi connectivity index (χ2v) is 5.82. The Morgan fingerprint density at radius 2 is 2.00 bits per heavy atom. The van der Waals surface area contributed by atoms with Gasteiger partial charge in [0.2, 0.25) is 0 Å². The second-order valence-electron chi connectivity index (χ2n) is 5.82. The number of ether oxygens (including phenoxy) is 1. The van der Waals surface area contributed by atoms with Crippen molar-refractivity contribution in [2.24, 2.45) is 23.2 Å². The highest BCUT2D eigenvalue weighted by Gasteiger charge is 2.55. The zero-order valence-corrected chi connectivity index (χ0v) is 10.3. The largest absolute Gasteiger partial charge is 0.458 e. The van der Waals surface area contributed by atoms with E-state index >= 15 is 0 Å². The summed E-state index contributed by atoms with van der Waals surface area (Å²) in [4.78, 5) is 22.8. The van der Waals surface area contributed by atoms with E-state index in [0.29, 0.717) is 11.8 Å². The Morgan fingerprint density at radius 1 is 1.31 bits per heavy atom. The number of esters is 1. The SMILES string of the molecule is CC(=O)OCC(=O)[C@@H]1[C@H]2CC[C@@H](C2)C1(C)C. The van der Waals surface area contributed by atoms with Gasteiger partial charge in [-0.15, -0.1) is 0 Å². The molecule has 2 aliphatic carbocycles. The number of hydrogen-bond acceptors (Lipinski definition) is 3. The van der Waals surface area contributed by atoms with Crippen LogP contribution in [0.3, 0.4) is 0 Å². The number of carbonyl (C=O) groups excluding carboxylic acids is 2. The molecule has 3 heteroatoms.